The molecule has 0 aromatic heterocycles. The fourth-order valence-electron chi connectivity index (χ4n) is 5.18. The lowest BCUT2D eigenvalue weighted by molar-refractivity contribution is -0.0136. The van der Waals surface area contributed by atoms with Crippen LogP contribution in [0.15, 0.2) is 0 Å². The predicted octanol–water partition coefficient (Wildman–Crippen LogP) is 1.51. The number of amides is 1. The lowest BCUT2D eigenvalue weighted by atomic mass is 9.89. The number of carbonyl (C=O) groups excluding carboxylic acids is 1. The van der Waals surface area contributed by atoms with Gasteiger partial charge in [0.1, 0.15) is 5.60 Å². The third-order valence-corrected chi connectivity index (χ3v) is 7.17. The van der Waals surface area contributed by atoms with Gasteiger partial charge in [0, 0.05) is 71.2 Å². The molecule has 29 heavy (non-hydrogen) atoms. The van der Waals surface area contributed by atoms with Crippen LogP contribution in [0.5, 0.6) is 0 Å². The van der Waals surface area contributed by atoms with Crippen molar-refractivity contribution in [2.45, 2.75) is 44.2 Å². The van der Waals surface area contributed by atoms with Gasteiger partial charge in [0.25, 0.3) is 0 Å². The van der Waals surface area contributed by atoms with E-state index in [9.17, 15) is 4.79 Å². The maximum absolute atomic E-state index is 12.5. The van der Waals surface area contributed by atoms with Crippen LogP contribution in [0.4, 0.5) is 4.79 Å². The zero-order valence-electron chi connectivity index (χ0n) is 17.8. The van der Waals surface area contributed by atoms with Gasteiger partial charge in [-0.3, -0.25) is 9.80 Å². The van der Waals surface area contributed by atoms with E-state index < -0.39 is 0 Å². The molecule has 0 unspecified atom stereocenters. The molecule has 4 rings (SSSR count). The molecule has 4 fully saturated rings. The molecule has 7 nitrogen and oxygen atoms in total. The quantitative estimate of drug-likeness (QED) is 0.683. The molecular formula is C20H39Cl2N5O2. The van der Waals surface area contributed by atoms with Gasteiger partial charge in [-0.2, -0.15) is 0 Å². The van der Waals surface area contributed by atoms with E-state index in [0.29, 0.717) is 0 Å². The van der Waals surface area contributed by atoms with Crippen LogP contribution in [-0.2, 0) is 4.74 Å². The summed E-state index contributed by atoms with van der Waals surface area (Å²) in [6.45, 7) is 14.9. The summed E-state index contributed by atoms with van der Waals surface area (Å²) in [4.78, 5) is 22.0. The first-order valence-corrected chi connectivity index (χ1v) is 11.0. The molecule has 1 amide bonds. The Bertz CT molecular complexity index is 505. The molecule has 0 radical (unpaired) electrons. The fourth-order valence-corrected chi connectivity index (χ4v) is 5.18. The van der Waals surface area contributed by atoms with Gasteiger partial charge in [-0.25, -0.2) is 4.79 Å². The SMILES string of the molecule is CCN1CCN(CCN2CC3(CCN(C4CCNCC4)CC3)OC2=O)CC1.Cl.Cl. The second-order valence-electron chi connectivity index (χ2n) is 8.77. The molecule has 1 N–H and O–H groups in total. The maximum Gasteiger partial charge on any atom is 0.410 e. The van der Waals surface area contributed by atoms with E-state index in [1.165, 1.54) is 12.8 Å². The number of hydrogen-bond donors (Lipinski definition) is 1. The number of piperazine rings is 1. The van der Waals surface area contributed by atoms with E-state index in [4.69, 9.17) is 4.74 Å². The number of piperidine rings is 2. The first-order chi connectivity index (χ1) is 13.2. The molecule has 4 aliphatic rings. The van der Waals surface area contributed by atoms with Crippen molar-refractivity contribution in [2.24, 2.45) is 0 Å². The maximum atomic E-state index is 12.5. The second-order valence-corrected chi connectivity index (χ2v) is 8.77. The van der Waals surface area contributed by atoms with Gasteiger partial charge in [0.05, 0.1) is 6.54 Å². The van der Waals surface area contributed by atoms with Crippen LogP contribution in [0.2, 0.25) is 0 Å². The summed E-state index contributed by atoms with van der Waals surface area (Å²) in [5.41, 5.74) is -0.221. The van der Waals surface area contributed by atoms with Crippen molar-refractivity contribution in [2.75, 3.05) is 78.5 Å². The van der Waals surface area contributed by atoms with Crippen molar-refractivity contribution >= 4 is 30.9 Å². The smallest absolute Gasteiger partial charge is 0.410 e. The molecule has 9 heteroatoms. The molecule has 0 aromatic rings. The van der Waals surface area contributed by atoms with Gasteiger partial charge in [-0.15, -0.1) is 24.8 Å². The fraction of sp³-hybridized carbons (Fsp3) is 0.950. The summed E-state index contributed by atoms with van der Waals surface area (Å²) in [5.74, 6) is 0. The highest BCUT2D eigenvalue weighted by molar-refractivity contribution is 5.85. The number of likely N-dealkylation sites (N-methyl/N-ethyl adjacent to an activating group) is 1. The number of ether oxygens (including phenoxy) is 1. The molecule has 0 saturated carbocycles. The lowest BCUT2D eigenvalue weighted by Crippen LogP contribution is -2.52. The molecule has 0 atom stereocenters. The van der Waals surface area contributed by atoms with Gasteiger partial charge in [-0.05, 0) is 32.5 Å². The van der Waals surface area contributed by atoms with Crippen molar-refractivity contribution < 1.29 is 9.53 Å². The summed E-state index contributed by atoms with van der Waals surface area (Å²) in [5, 5.41) is 3.45. The van der Waals surface area contributed by atoms with Gasteiger partial charge >= 0.3 is 6.09 Å². The Balaban J connectivity index is 0.00000150. The van der Waals surface area contributed by atoms with Gasteiger partial charge in [0.2, 0.25) is 0 Å². The number of halogens is 2. The van der Waals surface area contributed by atoms with Crippen molar-refractivity contribution in [3.8, 4) is 0 Å². The molecule has 4 heterocycles. The Morgan fingerprint density at radius 3 is 2.21 bits per heavy atom. The van der Waals surface area contributed by atoms with Crippen molar-refractivity contribution in [1.82, 2.24) is 24.9 Å². The van der Waals surface area contributed by atoms with Crippen molar-refractivity contribution in [3.05, 3.63) is 0 Å². The monoisotopic (exact) mass is 451 g/mol. The Morgan fingerprint density at radius 1 is 0.966 bits per heavy atom. The standard InChI is InChI=1S/C20H37N5O2.2ClH/c1-2-22-11-13-23(14-12-22)15-16-25-17-20(27-19(25)26)5-9-24(10-6-20)18-3-7-21-8-4-18;;/h18,21H,2-17H2,1H3;2*1H. The molecule has 1 spiro atoms. The molecule has 170 valence electrons. The van der Waals surface area contributed by atoms with E-state index in [1.807, 2.05) is 4.90 Å². The normalized spacial score (nSPS) is 26.8. The number of carbonyl (C=O) groups is 1. The minimum atomic E-state index is -0.221. The molecule has 0 aromatic carbocycles. The Labute approximate surface area is 188 Å². The summed E-state index contributed by atoms with van der Waals surface area (Å²) in [6, 6.07) is 0.721. The minimum Gasteiger partial charge on any atom is -0.441 e. The highest BCUT2D eigenvalue weighted by Gasteiger charge is 2.47. The third kappa shape index (κ3) is 6.11. The Hall–Kier alpha value is -0.310. The number of hydrogen-bond acceptors (Lipinski definition) is 6. The van der Waals surface area contributed by atoms with E-state index >= 15 is 0 Å². The van der Waals surface area contributed by atoms with Crippen LogP contribution >= 0.6 is 24.8 Å². The second kappa shape index (κ2) is 11.3. The van der Waals surface area contributed by atoms with E-state index in [1.54, 1.807) is 0 Å². The predicted molar refractivity (Wildman–Crippen MR) is 121 cm³/mol. The number of likely N-dealkylation sites (tertiary alicyclic amines) is 1. The summed E-state index contributed by atoms with van der Waals surface area (Å²) in [6.07, 6.45) is 4.41. The van der Waals surface area contributed by atoms with E-state index in [0.717, 1.165) is 97.4 Å². The number of nitrogens with zero attached hydrogens (tertiary/aromatic N) is 4. The van der Waals surface area contributed by atoms with Crippen LogP contribution in [0.25, 0.3) is 0 Å². The molecule has 4 aliphatic heterocycles. The zero-order valence-corrected chi connectivity index (χ0v) is 19.4. The van der Waals surface area contributed by atoms with Crippen LogP contribution < -0.4 is 5.32 Å². The largest absolute Gasteiger partial charge is 0.441 e. The topological polar surface area (TPSA) is 51.3 Å². The van der Waals surface area contributed by atoms with Gasteiger partial charge in [-0.1, -0.05) is 6.92 Å². The Kier molecular flexibility index (Phi) is 9.77. The first-order valence-electron chi connectivity index (χ1n) is 11.0. The van der Waals surface area contributed by atoms with E-state index in [2.05, 4.69) is 26.9 Å². The highest BCUT2D eigenvalue weighted by Crippen LogP contribution is 2.34. The number of nitrogens with one attached hydrogen (secondary N) is 1. The van der Waals surface area contributed by atoms with Crippen LogP contribution in [-0.4, -0.2) is 116 Å². The third-order valence-electron chi connectivity index (χ3n) is 7.17. The van der Waals surface area contributed by atoms with Crippen LogP contribution in [0.3, 0.4) is 0 Å². The van der Waals surface area contributed by atoms with Crippen molar-refractivity contribution in [3.63, 3.8) is 0 Å². The molecular weight excluding hydrogens is 413 g/mol. The van der Waals surface area contributed by atoms with Crippen molar-refractivity contribution in [1.29, 1.82) is 0 Å². The van der Waals surface area contributed by atoms with Crippen LogP contribution in [0, 0.1) is 0 Å². The summed E-state index contributed by atoms with van der Waals surface area (Å²) >= 11 is 0. The zero-order chi connectivity index (χ0) is 18.7. The van der Waals surface area contributed by atoms with Gasteiger partial charge < -0.3 is 19.9 Å². The average molecular weight is 452 g/mol. The summed E-state index contributed by atoms with van der Waals surface area (Å²) in [7, 11) is 0. The minimum absolute atomic E-state index is 0. The number of rotatable bonds is 5. The molecule has 0 aliphatic carbocycles. The lowest BCUT2D eigenvalue weighted by Gasteiger charge is -2.42. The summed E-state index contributed by atoms with van der Waals surface area (Å²) < 4.78 is 5.93. The highest BCUT2D eigenvalue weighted by atomic mass is 35.5. The van der Waals surface area contributed by atoms with Gasteiger partial charge in [0.15, 0.2) is 0 Å². The molecule has 4 saturated heterocycles. The molecule has 0 bridgehead atoms. The average Bonchev–Trinajstić information content (AvgIpc) is 3.03. The Morgan fingerprint density at radius 2 is 1.59 bits per heavy atom. The van der Waals surface area contributed by atoms with Crippen LogP contribution in [0.1, 0.15) is 32.6 Å². The first kappa shape index (κ1) is 25.0. The van der Waals surface area contributed by atoms with E-state index in [-0.39, 0.29) is 36.5 Å².